The van der Waals surface area contributed by atoms with Crippen molar-refractivity contribution in [1.29, 1.82) is 0 Å². The number of aliphatic hydroxyl groups is 1. The molecular weight excluding hydrogens is 180 g/mol. The summed E-state index contributed by atoms with van der Waals surface area (Å²) in [5, 5.41) is 9.08. The van der Waals surface area contributed by atoms with Crippen LogP contribution < -0.4 is 0 Å². The molecule has 0 bridgehead atoms. The Labute approximate surface area is 83.5 Å². The largest absolute Gasteiger partial charge is 0.383 e. The number of hydrogen-bond acceptors (Lipinski definition) is 2. The molecule has 0 heterocycles. The minimum absolute atomic E-state index is 0.299. The molecule has 0 aliphatic heterocycles. The molecule has 1 N–H and O–H groups in total. The Hall–Kier alpha value is -0.730. The van der Waals surface area contributed by atoms with Gasteiger partial charge in [-0.3, -0.25) is 0 Å². The predicted molar refractivity (Wildman–Crippen MR) is 59.5 cm³/mol. The fourth-order valence-corrected chi connectivity index (χ4v) is 1.64. The summed E-state index contributed by atoms with van der Waals surface area (Å²) in [6, 6.07) is 8.17. The lowest BCUT2D eigenvalue weighted by atomic mass is 10.1. The second-order valence-corrected chi connectivity index (χ2v) is 4.16. The first-order chi connectivity index (χ1) is 6.22. The molecule has 1 nitrogen and oxygen atoms in total. The molecule has 1 atom stereocenters. The summed E-state index contributed by atoms with van der Waals surface area (Å²) in [5.74, 6) is 0.847. The molecule has 1 aromatic rings. The molecule has 70 valence electrons. The van der Waals surface area contributed by atoms with Crippen LogP contribution in [-0.4, -0.2) is 10.5 Å². The van der Waals surface area contributed by atoms with Gasteiger partial charge in [0, 0.05) is 5.75 Å². The van der Waals surface area contributed by atoms with E-state index in [9.17, 15) is 0 Å². The van der Waals surface area contributed by atoms with Gasteiger partial charge >= 0.3 is 0 Å². The lowest BCUT2D eigenvalue weighted by Crippen LogP contribution is -1.93. The van der Waals surface area contributed by atoms with Crippen LogP contribution in [0.3, 0.4) is 0 Å². The van der Waals surface area contributed by atoms with E-state index in [1.165, 1.54) is 17.3 Å². The molecule has 1 rings (SSSR count). The molecule has 1 unspecified atom stereocenters. The van der Waals surface area contributed by atoms with Gasteiger partial charge in [-0.15, -0.1) is 11.8 Å². The molecular formula is C11H14OS. The van der Waals surface area contributed by atoms with E-state index < -0.39 is 0 Å². The number of hydrogen-bond donors (Lipinski definition) is 1. The Morgan fingerprint density at radius 3 is 3.00 bits per heavy atom. The van der Waals surface area contributed by atoms with Crippen LogP contribution >= 0.6 is 11.8 Å². The molecule has 0 amide bonds. The van der Waals surface area contributed by atoms with Crippen molar-refractivity contribution in [2.75, 3.05) is 0 Å². The molecule has 13 heavy (non-hydrogen) atoms. The minimum atomic E-state index is -0.299. The Morgan fingerprint density at radius 1 is 1.62 bits per heavy atom. The fraction of sp³-hybridized carbons (Fsp3) is 0.273. The molecule has 0 saturated carbocycles. The highest BCUT2D eigenvalue weighted by molar-refractivity contribution is 7.98. The lowest BCUT2D eigenvalue weighted by Gasteiger charge is -2.04. The molecule has 2 heteroatoms. The molecule has 0 aliphatic rings. The first kappa shape index (κ1) is 10.4. The van der Waals surface area contributed by atoms with Crippen LogP contribution in [0.5, 0.6) is 0 Å². The highest BCUT2D eigenvalue weighted by Crippen LogP contribution is 2.16. The van der Waals surface area contributed by atoms with Crippen molar-refractivity contribution in [3.05, 3.63) is 42.0 Å². The number of benzene rings is 1. The molecule has 0 radical (unpaired) electrons. The van der Waals surface area contributed by atoms with E-state index in [0.717, 1.165) is 11.3 Å². The zero-order chi connectivity index (χ0) is 9.68. The minimum Gasteiger partial charge on any atom is -0.383 e. The summed E-state index contributed by atoms with van der Waals surface area (Å²) in [4.78, 5) is 0. The maximum atomic E-state index is 9.08. The van der Waals surface area contributed by atoms with Gasteiger partial charge in [0.15, 0.2) is 0 Å². The van der Waals surface area contributed by atoms with Crippen molar-refractivity contribution in [3.63, 3.8) is 0 Å². The second-order valence-electron chi connectivity index (χ2n) is 2.86. The summed E-state index contributed by atoms with van der Waals surface area (Å²) in [6.07, 6.45) is 1.83. The monoisotopic (exact) mass is 194 g/mol. The van der Waals surface area contributed by atoms with Crippen LogP contribution in [-0.2, 0) is 5.75 Å². The maximum Gasteiger partial charge on any atom is 0.0967 e. The van der Waals surface area contributed by atoms with E-state index in [4.69, 9.17) is 5.11 Å². The molecule has 0 aliphatic carbocycles. The van der Waals surface area contributed by atoms with Gasteiger partial charge in [-0.25, -0.2) is 0 Å². The van der Waals surface area contributed by atoms with Crippen LogP contribution in [0.15, 0.2) is 30.8 Å². The average molecular weight is 194 g/mol. The van der Waals surface area contributed by atoms with E-state index in [0.29, 0.717) is 0 Å². The van der Waals surface area contributed by atoms with Crippen molar-refractivity contribution in [3.8, 4) is 0 Å². The normalized spacial score (nSPS) is 12.5. The van der Waals surface area contributed by atoms with Gasteiger partial charge in [0.25, 0.3) is 0 Å². The Bertz CT molecular complexity index is 281. The Kier molecular flexibility index (Phi) is 4.06. The van der Waals surface area contributed by atoms with Gasteiger partial charge in [0.2, 0.25) is 0 Å². The third-order valence-corrected chi connectivity index (χ3v) is 2.66. The summed E-state index contributed by atoms with van der Waals surface area (Å²) < 4.78 is 0. The summed E-state index contributed by atoms with van der Waals surface area (Å²) in [6.45, 7) is 5.49. The highest BCUT2D eigenvalue weighted by atomic mass is 32.2. The quantitative estimate of drug-likeness (QED) is 0.744. The average Bonchev–Trinajstić information content (AvgIpc) is 2.15. The van der Waals surface area contributed by atoms with E-state index in [1.807, 2.05) is 18.2 Å². The molecule has 0 fully saturated rings. The Balaban J connectivity index is 2.61. The summed E-state index contributed by atoms with van der Waals surface area (Å²) >= 11 is 1.52. The topological polar surface area (TPSA) is 20.2 Å². The fourth-order valence-electron chi connectivity index (χ4n) is 1.03. The molecule has 0 aromatic heterocycles. The maximum absolute atomic E-state index is 9.08. The van der Waals surface area contributed by atoms with Gasteiger partial charge in [-0.05, 0) is 18.1 Å². The van der Waals surface area contributed by atoms with Gasteiger partial charge in [0.1, 0.15) is 0 Å². The smallest absolute Gasteiger partial charge is 0.0967 e. The van der Waals surface area contributed by atoms with E-state index in [2.05, 4.69) is 18.7 Å². The van der Waals surface area contributed by atoms with Gasteiger partial charge in [-0.2, -0.15) is 0 Å². The summed E-state index contributed by atoms with van der Waals surface area (Å²) in [5.41, 5.74) is 2.05. The van der Waals surface area contributed by atoms with Crippen molar-refractivity contribution >= 4 is 17.8 Å². The number of aliphatic hydroxyl groups excluding tert-OH is 1. The van der Waals surface area contributed by atoms with Crippen molar-refractivity contribution in [2.45, 2.75) is 18.1 Å². The van der Waals surface area contributed by atoms with E-state index in [-0.39, 0.29) is 5.44 Å². The van der Waals surface area contributed by atoms with Crippen LogP contribution in [0.4, 0.5) is 0 Å². The summed E-state index contributed by atoms with van der Waals surface area (Å²) in [7, 11) is 0. The predicted octanol–water partition coefficient (Wildman–Crippen LogP) is 2.90. The van der Waals surface area contributed by atoms with Gasteiger partial charge < -0.3 is 5.11 Å². The second kappa shape index (κ2) is 5.10. The SMILES string of the molecule is C=Cc1cccc(CSC(C)O)c1. The zero-order valence-corrected chi connectivity index (χ0v) is 8.55. The van der Waals surface area contributed by atoms with Gasteiger partial charge in [-0.1, -0.05) is 36.9 Å². The first-order valence-electron chi connectivity index (χ1n) is 4.23. The molecule has 0 spiro atoms. The van der Waals surface area contributed by atoms with Crippen molar-refractivity contribution in [1.82, 2.24) is 0 Å². The number of rotatable bonds is 4. The van der Waals surface area contributed by atoms with Crippen molar-refractivity contribution < 1.29 is 5.11 Å². The van der Waals surface area contributed by atoms with Gasteiger partial charge in [0.05, 0.1) is 5.44 Å². The Morgan fingerprint density at radius 2 is 2.38 bits per heavy atom. The standard InChI is InChI=1S/C11H14OS/c1-3-10-5-4-6-11(7-10)8-13-9(2)12/h3-7,9,12H,1,8H2,2H3. The third-order valence-electron chi connectivity index (χ3n) is 1.68. The van der Waals surface area contributed by atoms with E-state index >= 15 is 0 Å². The van der Waals surface area contributed by atoms with Crippen LogP contribution in [0.1, 0.15) is 18.1 Å². The zero-order valence-electron chi connectivity index (χ0n) is 7.73. The molecule has 0 saturated heterocycles. The number of thioether (sulfide) groups is 1. The van der Waals surface area contributed by atoms with Crippen LogP contribution in [0.2, 0.25) is 0 Å². The third kappa shape index (κ3) is 3.66. The highest BCUT2D eigenvalue weighted by Gasteiger charge is 1.97. The van der Waals surface area contributed by atoms with Crippen molar-refractivity contribution in [2.24, 2.45) is 0 Å². The lowest BCUT2D eigenvalue weighted by molar-refractivity contribution is 0.284. The van der Waals surface area contributed by atoms with Crippen LogP contribution in [0, 0.1) is 0 Å². The van der Waals surface area contributed by atoms with Crippen LogP contribution in [0.25, 0.3) is 6.08 Å². The first-order valence-corrected chi connectivity index (χ1v) is 5.28. The van der Waals surface area contributed by atoms with E-state index in [1.54, 1.807) is 6.92 Å². The molecule has 1 aromatic carbocycles.